The lowest BCUT2D eigenvalue weighted by atomic mass is 9.96. The third kappa shape index (κ3) is 9.54. The Kier molecular flexibility index (Phi) is 11.3. The van der Waals surface area contributed by atoms with E-state index >= 15 is 0 Å². The van der Waals surface area contributed by atoms with Crippen molar-refractivity contribution in [2.24, 2.45) is 11.8 Å². The van der Waals surface area contributed by atoms with Gasteiger partial charge in [0.15, 0.2) is 0 Å². The van der Waals surface area contributed by atoms with Crippen molar-refractivity contribution in [1.82, 2.24) is 21.3 Å². The molecule has 0 aromatic carbocycles. The normalized spacial score (nSPS) is 17.5. The van der Waals surface area contributed by atoms with E-state index in [1.54, 1.807) is 13.8 Å². The van der Waals surface area contributed by atoms with Crippen LogP contribution in [-0.4, -0.2) is 64.8 Å². The van der Waals surface area contributed by atoms with Crippen LogP contribution < -0.4 is 21.3 Å². The number of aliphatic hydroxyl groups excluding tert-OH is 1. The largest absolute Gasteiger partial charge is 0.480 e. The van der Waals surface area contributed by atoms with Gasteiger partial charge in [0, 0.05) is 6.04 Å². The van der Waals surface area contributed by atoms with Gasteiger partial charge in [0.05, 0.1) is 6.61 Å². The Hall–Kier alpha value is -2.36. The van der Waals surface area contributed by atoms with E-state index in [1.165, 1.54) is 0 Å². The number of hydrogen-bond donors (Lipinski definition) is 6. The number of aliphatic hydroxyl groups is 1. The maximum absolute atomic E-state index is 12.7. The Labute approximate surface area is 183 Å². The van der Waals surface area contributed by atoms with Crippen LogP contribution in [0.1, 0.15) is 66.2 Å². The highest BCUT2D eigenvalue weighted by Crippen LogP contribution is 2.17. The zero-order chi connectivity index (χ0) is 23.6. The number of rotatable bonds is 11. The van der Waals surface area contributed by atoms with Gasteiger partial charge in [-0.05, 0) is 31.1 Å². The molecule has 0 heterocycles. The SMILES string of the molecule is CC(C)C[C@H](NC(=O)[C@H](CO)NC(=O)NC1CCCCC1)C(=O)N[C@H](C(=O)O)C(C)C. The predicted molar refractivity (Wildman–Crippen MR) is 115 cm³/mol. The minimum atomic E-state index is -1.23. The lowest BCUT2D eigenvalue weighted by Gasteiger charge is -2.27. The molecular weight excluding hydrogens is 404 g/mol. The summed E-state index contributed by atoms with van der Waals surface area (Å²) in [6.07, 6.45) is 5.24. The van der Waals surface area contributed by atoms with E-state index in [0.717, 1.165) is 32.1 Å². The molecule has 1 fully saturated rings. The molecule has 1 saturated carbocycles. The van der Waals surface area contributed by atoms with E-state index in [4.69, 9.17) is 0 Å². The van der Waals surface area contributed by atoms with Crippen molar-refractivity contribution < 1.29 is 29.4 Å². The summed E-state index contributed by atoms with van der Waals surface area (Å²) in [5.74, 6) is -2.79. The molecule has 0 aromatic rings. The number of amides is 4. The fourth-order valence-corrected chi connectivity index (χ4v) is 3.57. The Bertz CT molecular complexity index is 619. The van der Waals surface area contributed by atoms with Crippen LogP contribution in [0.4, 0.5) is 4.79 Å². The smallest absolute Gasteiger partial charge is 0.326 e. The van der Waals surface area contributed by atoms with E-state index in [0.29, 0.717) is 0 Å². The van der Waals surface area contributed by atoms with Crippen LogP contribution in [0, 0.1) is 11.8 Å². The molecule has 4 amide bonds. The molecule has 31 heavy (non-hydrogen) atoms. The van der Waals surface area contributed by atoms with Gasteiger partial charge in [0.1, 0.15) is 18.1 Å². The number of carbonyl (C=O) groups is 4. The molecule has 6 N–H and O–H groups in total. The van der Waals surface area contributed by atoms with Crippen molar-refractivity contribution in [1.29, 1.82) is 0 Å². The summed E-state index contributed by atoms with van der Waals surface area (Å²) in [5, 5.41) is 29.2. The molecule has 0 aliphatic heterocycles. The third-order valence-electron chi connectivity index (χ3n) is 5.32. The lowest BCUT2D eigenvalue weighted by molar-refractivity contribution is -0.143. The van der Waals surface area contributed by atoms with Gasteiger partial charge < -0.3 is 31.5 Å². The molecule has 1 rings (SSSR count). The van der Waals surface area contributed by atoms with E-state index in [9.17, 15) is 29.4 Å². The second-order valence-electron chi connectivity index (χ2n) is 8.95. The fourth-order valence-electron chi connectivity index (χ4n) is 3.57. The summed E-state index contributed by atoms with van der Waals surface area (Å²) >= 11 is 0. The van der Waals surface area contributed by atoms with Crippen molar-refractivity contribution in [2.45, 2.75) is 90.4 Å². The molecule has 1 aliphatic rings. The molecule has 3 atom stereocenters. The van der Waals surface area contributed by atoms with Gasteiger partial charge >= 0.3 is 12.0 Å². The average Bonchev–Trinajstić information content (AvgIpc) is 2.69. The zero-order valence-corrected chi connectivity index (χ0v) is 18.9. The molecule has 0 bridgehead atoms. The molecule has 10 heteroatoms. The first-order chi connectivity index (χ1) is 14.5. The molecule has 0 saturated heterocycles. The maximum atomic E-state index is 12.7. The van der Waals surface area contributed by atoms with Gasteiger partial charge in [0.25, 0.3) is 0 Å². The minimum absolute atomic E-state index is 0.0357. The summed E-state index contributed by atoms with van der Waals surface area (Å²) in [6.45, 7) is 6.44. The first-order valence-corrected chi connectivity index (χ1v) is 11.1. The van der Waals surface area contributed by atoms with E-state index in [2.05, 4.69) is 21.3 Å². The van der Waals surface area contributed by atoms with E-state index in [1.807, 2.05) is 13.8 Å². The molecule has 0 aromatic heterocycles. The number of carboxylic acids is 1. The Balaban J connectivity index is 2.74. The first-order valence-electron chi connectivity index (χ1n) is 11.1. The molecule has 0 unspecified atom stereocenters. The summed E-state index contributed by atoms with van der Waals surface area (Å²) in [4.78, 5) is 48.9. The molecule has 1 aliphatic carbocycles. The molecule has 0 radical (unpaired) electrons. The third-order valence-corrected chi connectivity index (χ3v) is 5.32. The highest BCUT2D eigenvalue weighted by molar-refractivity contribution is 5.93. The summed E-state index contributed by atoms with van der Waals surface area (Å²) in [5.41, 5.74) is 0. The van der Waals surface area contributed by atoms with Gasteiger partial charge in [-0.3, -0.25) is 9.59 Å². The summed E-state index contributed by atoms with van der Waals surface area (Å²) in [7, 11) is 0. The Morgan fingerprint density at radius 2 is 1.45 bits per heavy atom. The number of nitrogens with one attached hydrogen (secondary N) is 4. The molecule has 178 valence electrons. The maximum Gasteiger partial charge on any atom is 0.326 e. The van der Waals surface area contributed by atoms with Crippen LogP contribution >= 0.6 is 0 Å². The van der Waals surface area contributed by atoms with Gasteiger partial charge in [-0.15, -0.1) is 0 Å². The number of urea groups is 1. The van der Waals surface area contributed by atoms with E-state index in [-0.39, 0.29) is 24.3 Å². The number of carboxylic acid groups (broad SMARTS) is 1. The standard InChI is InChI=1S/C21H38N4O6/c1-12(2)10-15(18(27)25-17(13(3)4)20(29)30)23-19(28)16(11-26)24-21(31)22-14-8-6-5-7-9-14/h12-17,26H,5-11H2,1-4H3,(H,23,28)(H,25,27)(H,29,30)(H2,22,24,31)/t15-,16-,17-/m0/s1. The van der Waals surface area contributed by atoms with E-state index < -0.39 is 48.5 Å². The predicted octanol–water partition coefficient (Wildman–Crippen LogP) is 0.736. The first kappa shape index (κ1) is 26.7. The molecule has 10 nitrogen and oxygen atoms in total. The van der Waals surface area contributed by atoms with Crippen molar-refractivity contribution in [3.05, 3.63) is 0 Å². The van der Waals surface area contributed by atoms with Gasteiger partial charge in [-0.25, -0.2) is 9.59 Å². The lowest BCUT2D eigenvalue weighted by Crippen LogP contribution is -2.58. The van der Waals surface area contributed by atoms with Crippen molar-refractivity contribution in [3.63, 3.8) is 0 Å². The van der Waals surface area contributed by atoms with Crippen LogP contribution in [-0.2, 0) is 14.4 Å². The van der Waals surface area contributed by atoms with Gasteiger partial charge in [-0.2, -0.15) is 0 Å². The second kappa shape index (κ2) is 13.1. The number of carbonyl (C=O) groups excluding carboxylic acids is 3. The quantitative estimate of drug-likeness (QED) is 0.277. The summed E-state index contributed by atoms with van der Waals surface area (Å²) in [6, 6.07) is -3.82. The van der Waals surface area contributed by atoms with Crippen molar-refractivity contribution in [3.8, 4) is 0 Å². The van der Waals surface area contributed by atoms with Crippen molar-refractivity contribution >= 4 is 23.8 Å². The van der Waals surface area contributed by atoms with Gasteiger partial charge in [-0.1, -0.05) is 47.0 Å². The highest BCUT2D eigenvalue weighted by atomic mass is 16.4. The molecular formula is C21H38N4O6. The summed E-state index contributed by atoms with van der Waals surface area (Å²) < 4.78 is 0. The van der Waals surface area contributed by atoms with Crippen LogP contribution in [0.5, 0.6) is 0 Å². The Morgan fingerprint density at radius 1 is 0.871 bits per heavy atom. The monoisotopic (exact) mass is 442 g/mol. The minimum Gasteiger partial charge on any atom is -0.480 e. The van der Waals surface area contributed by atoms with Crippen LogP contribution in [0.3, 0.4) is 0 Å². The van der Waals surface area contributed by atoms with Crippen LogP contribution in [0.15, 0.2) is 0 Å². The van der Waals surface area contributed by atoms with Crippen molar-refractivity contribution in [2.75, 3.05) is 6.61 Å². The number of aliphatic carboxylic acids is 1. The highest BCUT2D eigenvalue weighted by Gasteiger charge is 2.31. The average molecular weight is 443 g/mol. The van der Waals surface area contributed by atoms with Gasteiger partial charge in [0.2, 0.25) is 11.8 Å². The van der Waals surface area contributed by atoms with Crippen LogP contribution in [0.2, 0.25) is 0 Å². The second-order valence-corrected chi connectivity index (χ2v) is 8.95. The Morgan fingerprint density at radius 3 is 1.94 bits per heavy atom. The topological polar surface area (TPSA) is 157 Å². The number of hydrogen-bond acceptors (Lipinski definition) is 5. The fraction of sp³-hybridized carbons (Fsp3) is 0.810. The molecule has 0 spiro atoms. The zero-order valence-electron chi connectivity index (χ0n) is 18.9. The van der Waals surface area contributed by atoms with Crippen LogP contribution in [0.25, 0.3) is 0 Å².